The van der Waals surface area contributed by atoms with E-state index in [9.17, 15) is 4.39 Å². The van der Waals surface area contributed by atoms with Gasteiger partial charge in [-0.2, -0.15) is 0 Å². The van der Waals surface area contributed by atoms with Crippen molar-refractivity contribution in [3.8, 4) is 11.5 Å². The highest BCUT2D eigenvalue weighted by molar-refractivity contribution is 9.10. The van der Waals surface area contributed by atoms with Gasteiger partial charge in [-0.1, -0.05) is 34.1 Å². The fraction of sp³-hybridized carbons (Fsp3) is 0.0769. The van der Waals surface area contributed by atoms with E-state index in [0.717, 1.165) is 11.3 Å². The highest BCUT2D eigenvalue weighted by Crippen LogP contribution is 2.28. The molecule has 0 amide bonds. The van der Waals surface area contributed by atoms with Gasteiger partial charge in [0.25, 0.3) is 0 Å². The minimum Gasteiger partial charge on any atom is -0.457 e. The first kappa shape index (κ1) is 12.6. The van der Waals surface area contributed by atoms with Crippen molar-refractivity contribution in [2.24, 2.45) is 0 Å². The Morgan fingerprint density at radius 1 is 1.12 bits per heavy atom. The third-order valence-corrected chi connectivity index (χ3v) is 3.48. The van der Waals surface area contributed by atoms with E-state index in [1.54, 1.807) is 12.1 Å². The van der Waals surface area contributed by atoms with Crippen molar-refractivity contribution < 1.29 is 9.13 Å². The molecule has 0 fully saturated rings. The molecule has 0 aliphatic heterocycles. The van der Waals surface area contributed by atoms with E-state index >= 15 is 0 Å². The lowest BCUT2D eigenvalue weighted by Crippen LogP contribution is -1.90. The molecule has 4 heteroatoms. The molecule has 0 aliphatic carbocycles. The molecule has 0 saturated heterocycles. The van der Waals surface area contributed by atoms with Crippen molar-refractivity contribution in [1.29, 1.82) is 0 Å². The van der Waals surface area contributed by atoms with Crippen molar-refractivity contribution in [2.75, 3.05) is 0 Å². The first-order chi connectivity index (χ1) is 8.20. The molecular formula is C13H9Br2FO. The van der Waals surface area contributed by atoms with E-state index in [2.05, 4.69) is 31.9 Å². The molecule has 1 nitrogen and oxygen atoms in total. The van der Waals surface area contributed by atoms with Gasteiger partial charge in [0, 0.05) is 17.0 Å². The fourth-order valence-corrected chi connectivity index (χ4v) is 2.09. The summed E-state index contributed by atoms with van der Waals surface area (Å²) in [6.45, 7) is 0. The summed E-state index contributed by atoms with van der Waals surface area (Å²) in [7, 11) is 0. The maximum atomic E-state index is 13.3. The minimum absolute atomic E-state index is 0.334. The van der Waals surface area contributed by atoms with Gasteiger partial charge in [-0.3, -0.25) is 0 Å². The summed E-state index contributed by atoms with van der Waals surface area (Å²) in [5.41, 5.74) is 1.02. The summed E-state index contributed by atoms with van der Waals surface area (Å²) in [5.74, 6) is 0.879. The van der Waals surface area contributed by atoms with Crippen LogP contribution in [0.3, 0.4) is 0 Å². The molecule has 0 atom stereocenters. The number of rotatable bonds is 3. The SMILES string of the molecule is Fc1cc(Oc2ccccc2CBr)ccc1Br. The predicted molar refractivity (Wildman–Crippen MR) is 73.2 cm³/mol. The van der Waals surface area contributed by atoms with Crippen LogP contribution in [0.2, 0.25) is 0 Å². The molecular weight excluding hydrogens is 351 g/mol. The van der Waals surface area contributed by atoms with Crippen molar-refractivity contribution in [3.63, 3.8) is 0 Å². The zero-order valence-corrected chi connectivity index (χ0v) is 12.0. The Morgan fingerprint density at radius 3 is 2.59 bits per heavy atom. The Morgan fingerprint density at radius 2 is 1.88 bits per heavy atom. The average Bonchev–Trinajstić information content (AvgIpc) is 2.34. The third-order valence-electron chi connectivity index (χ3n) is 2.24. The smallest absolute Gasteiger partial charge is 0.141 e. The van der Waals surface area contributed by atoms with Gasteiger partial charge in [-0.25, -0.2) is 4.39 Å². The molecule has 0 saturated carbocycles. The van der Waals surface area contributed by atoms with Crippen LogP contribution in [-0.4, -0.2) is 0 Å². The molecule has 0 aromatic heterocycles. The third kappa shape index (κ3) is 3.07. The predicted octanol–water partition coefficient (Wildman–Crippen LogP) is 5.28. The zero-order valence-electron chi connectivity index (χ0n) is 8.79. The number of hydrogen-bond donors (Lipinski definition) is 0. The van der Waals surface area contributed by atoms with Crippen LogP contribution < -0.4 is 4.74 Å². The van der Waals surface area contributed by atoms with Crippen molar-refractivity contribution in [2.45, 2.75) is 5.33 Å². The molecule has 0 N–H and O–H groups in total. The Hall–Kier alpha value is -0.870. The Labute approximate surface area is 116 Å². The summed E-state index contributed by atoms with van der Waals surface area (Å²) in [6, 6.07) is 12.3. The molecule has 0 unspecified atom stereocenters. The van der Waals surface area contributed by atoms with E-state index in [-0.39, 0.29) is 5.82 Å². The van der Waals surface area contributed by atoms with Gasteiger partial charge in [0.15, 0.2) is 0 Å². The lowest BCUT2D eigenvalue weighted by Gasteiger charge is -2.09. The molecule has 2 rings (SSSR count). The largest absolute Gasteiger partial charge is 0.457 e. The van der Waals surface area contributed by atoms with Gasteiger partial charge in [-0.05, 0) is 34.1 Å². The lowest BCUT2D eigenvalue weighted by molar-refractivity contribution is 0.472. The van der Waals surface area contributed by atoms with Crippen LogP contribution in [0.1, 0.15) is 5.56 Å². The topological polar surface area (TPSA) is 9.23 Å². The highest BCUT2D eigenvalue weighted by atomic mass is 79.9. The number of alkyl halides is 1. The van der Waals surface area contributed by atoms with E-state index in [1.807, 2.05) is 24.3 Å². The maximum Gasteiger partial charge on any atom is 0.141 e. The van der Waals surface area contributed by atoms with Crippen LogP contribution in [0.15, 0.2) is 46.9 Å². The molecule has 17 heavy (non-hydrogen) atoms. The number of ether oxygens (including phenoxy) is 1. The summed E-state index contributed by atoms with van der Waals surface area (Å²) in [6.07, 6.45) is 0. The molecule has 0 spiro atoms. The van der Waals surface area contributed by atoms with Crippen LogP contribution in [0.5, 0.6) is 11.5 Å². The first-order valence-electron chi connectivity index (χ1n) is 4.97. The summed E-state index contributed by atoms with van der Waals surface area (Å²) in [4.78, 5) is 0. The van der Waals surface area contributed by atoms with Gasteiger partial charge >= 0.3 is 0 Å². The molecule has 2 aromatic rings. The quantitative estimate of drug-likeness (QED) is 0.678. The molecule has 0 radical (unpaired) electrons. The first-order valence-corrected chi connectivity index (χ1v) is 6.89. The second kappa shape index (κ2) is 5.65. The highest BCUT2D eigenvalue weighted by Gasteiger charge is 2.05. The fourth-order valence-electron chi connectivity index (χ4n) is 1.38. The summed E-state index contributed by atoms with van der Waals surface area (Å²) in [5, 5.41) is 0.697. The Balaban J connectivity index is 2.28. The summed E-state index contributed by atoms with van der Waals surface area (Å²) < 4.78 is 19.4. The van der Waals surface area contributed by atoms with Crippen molar-refractivity contribution in [3.05, 3.63) is 58.3 Å². The molecule has 88 valence electrons. The minimum atomic E-state index is -0.334. The van der Waals surface area contributed by atoms with E-state index in [1.165, 1.54) is 6.07 Å². The second-order valence-corrected chi connectivity index (χ2v) is 4.83. The molecule has 0 heterocycles. The van der Waals surface area contributed by atoms with Gasteiger partial charge in [0.2, 0.25) is 0 Å². The second-order valence-electron chi connectivity index (χ2n) is 3.42. The van der Waals surface area contributed by atoms with E-state index in [4.69, 9.17) is 4.74 Å². The van der Waals surface area contributed by atoms with E-state index < -0.39 is 0 Å². The van der Waals surface area contributed by atoms with E-state index in [0.29, 0.717) is 15.6 Å². The zero-order chi connectivity index (χ0) is 12.3. The van der Waals surface area contributed by atoms with Crippen molar-refractivity contribution in [1.82, 2.24) is 0 Å². The van der Waals surface area contributed by atoms with Crippen LogP contribution in [0.25, 0.3) is 0 Å². The van der Waals surface area contributed by atoms with Crippen LogP contribution in [0, 0.1) is 5.82 Å². The van der Waals surface area contributed by atoms with Crippen LogP contribution in [-0.2, 0) is 5.33 Å². The normalized spacial score (nSPS) is 10.3. The van der Waals surface area contributed by atoms with Crippen LogP contribution in [0.4, 0.5) is 4.39 Å². The van der Waals surface area contributed by atoms with Crippen LogP contribution >= 0.6 is 31.9 Å². The maximum absolute atomic E-state index is 13.3. The molecule has 0 bridgehead atoms. The van der Waals surface area contributed by atoms with Gasteiger partial charge in [0.05, 0.1) is 4.47 Å². The Kier molecular flexibility index (Phi) is 4.18. The molecule has 2 aromatic carbocycles. The molecule has 0 aliphatic rings. The van der Waals surface area contributed by atoms with Crippen molar-refractivity contribution >= 4 is 31.9 Å². The standard InChI is InChI=1S/C13H9Br2FO/c14-8-9-3-1-2-4-13(9)17-10-5-6-11(15)12(16)7-10/h1-7H,8H2. The number of hydrogen-bond acceptors (Lipinski definition) is 1. The lowest BCUT2D eigenvalue weighted by atomic mass is 10.2. The van der Waals surface area contributed by atoms with Gasteiger partial charge in [-0.15, -0.1) is 0 Å². The average molecular weight is 360 g/mol. The number of benzene rings is 2. The number of halogens is 3. The Bertz CT molecular complexity index is 529. The van der Waals surface area contributed by atoms with Gasteiger partial charge in [0.1, 0.15) is 17.3 Å². The van der Waals surface area contributed by atoms with Gasteiger partial charge < -0.3 is 4.74 Å². The summed E-state index contributed by atoms with van der Waals surface area (Å²) >= 11 is 6.49. The number of para-hydroxylation sites is 1. The monoisotopic (exact) mass is 358 g/mol.